The van der Waals surface area contributed by atoms with Gasteiger partial charge in [-0.05, 0) is 38.0 Å². The monoisotopic (exact) mass is 402 g/mol. The normalized spacial score (nSPS) is 20.5. The molecule has 1 aliphatic heterocycles. The van der Waals surface area contributed by atoms with Crippen LogP contribution in [0.4, 0.5) is 0 Å². The zero-order valence-corrected chi connectivity index (χ0v) is 18.6. The Labute approximate surface area is 173 Å². The average molecular weight is 403 g/mol. The van der Waals surface area contributed by atoms with E-state index in [1.165, 1.54) is 0 Å². The number of nitrogens with one attached hydrogen (secondary N) is 1. The van der Waals surface area contributed by atoms with E-state index in [1.54, 1.807) is 11.8 Å². The molecular formula is C23H34N2O4. The molecule has 3 rings (SSSR count). The number of rotatable bonds is 4. The molecular weight excluding hydrogens is 368 g/mol. The summed E-state index contributed by atoms with van der Waals surface area (Å²) in [6.07, 6.45) is 2.43. The standard InChI is InChI=1S/C23H34N2O4/c1-13(2)15(4)24-21(27)16-7-9-25(10-8-16)22(28)20-14(3)19-17(26)11-23(5,6)12-18(19)29-20/h13,15-16H,7-12H2,1-6H3,(H,24,27). The van der Waals surface area contributed by atoms with Crippen LogP contribution in [-0.2, 0) is 11.2 Å². The first-order valence-electron chi connectivity index (χ1n) is 10.8. The molecule has 1 aromatic heterocycles. The van der Waals surface area contributed by atoms with Gasteiger partial charge in [-0.2, -0.15) is 0 Å². The lowest BCUT2D eigenvalue weighted by Crippen LogP contribution is -2.45. The van der Waals surface area contributed by atoms with Crippen molar-refractivity contribution in [2.24, 2.45) is 17.3 Å². The number of nitrogens with zero attached hydrogens (tertiary/aromatic N) is 1. The molecule has 1 atom stereocenters. The van der Waals surface area contributed by atoms with Crippen molar-refractivity contribution in [3.8, 4) is 0 Å². The molecule has 0 bridgehead atoms. The third-order valence-electron chi connectivity index (χ3n) is 6.49. The van der Waals surface area contributed by atoms with Crippen molar-refractivity contribution < 1.29 is 18.8 Å². The Bertz CT molecular complexity index is 813. The number of piperidine rings is 1. The van der Waals surface area contributed by atoms with Crippen molar-refractivity contribution in [3.63, 3.8) is 0 Å². The summed E-state index contributed by atoms with van der Waals surface area (Å²) in [6, 6.07) is 0.140. The Kier molecular flexibility index (Phi) is 5.93. The fourth-order valence-corrected chi connectivity index (χ4v) is 4.28. The van der Waals surface area contributed by atoms with Gasteiger partial charge in [-0.25, -0.2) is 0 Å². The van der Waals surface area contributed by atoms with E-state index >= 15 is 0 Å². The van der Waals surface area contributed by atoms with Crippen LogP contribution in [-0.4, -0.2) is 41.6 Å². The van der Waals surface area contributed by atoms with E-state index in [0.717, 1.165) is 0 Å². The minimum absolute atomic E-state index is 0.0613. The molecule has 2 aliphatic rings. The summed E-state index contributed by atoms with van der Waals surface area (Å²) < 4.78 is 5.92. The van der Waals surface area contributed by atoms with Crippen molar-refractivity contribution in [2.45, 2.75) is 73.3 Å². The first-order chi connectivity index (χ1) is 13.5. The van der Waals surface area contributed by atoms with E-state index in [4.69, 9.17) is 4.42 Å². The third kappa shape index (κ3) is 4.41. The Balaban J connectivity index is 1.66. The van der Waals surface area contributed by atoms with Gasteiger partial charge >= 0.3 is 0 Å². The number of amides is 2. The number of fused-ring (bicyclic) bond motifs is 1. The van der Waals surface area contributed by atoms with Crippen molar-refractivity contribution in [1.82, 2.24) is 10.2 Å². The molecule has 1 aliphatic carbocycles. The van der Waals surface area contributed by atoms with E-state index in [9.17, 15) is 14.4 Å². The molecule has 1 saturated heterocycles. The molecule has 1 aromatic rings. The highest BCUT2D eigenvalue weighted by Gasteiger charge is 2.38. The second-order valence-electron chi connectivity index (χ2n) is 9.90. The minimum atomic E-state index is -0.170. The Morgan fingerprint density at radius 3 is 2.34 bits per heavy atom. The number of Topliss-reactive ketones (excluding diaryl/α,β-unsaturated/α-hetero) is 1. The summed E-state index contributed by atoms with van der Waals surface area (Å²) in [4.78, 5) is 39.9. The van der Waals surface area contributed by atoms with E-state index < -0.39 is 0 Å². The lowest BCUT2D eigenvalue weighted by molar-refractivity contribution is -0.127. The summed E-state index contributed by atoms with van der Waals surface area (Å²) in [6.45, 7) is 13.1. The molecule has 1 fully saturated rings. The maximum atomic E-state index is 13.1. The van der Waals surface area contributed by atoms with Crippen molar-refractivity contribution in [3.05, 3.63) is 22.6 Å². The SMILES string of the molecule is Cc1c(C(=O)N2CCC(C(=O)NC(C)C(C)C)CC2)oc2c1C(=O)CC(C)(C)C2. The topological polar surface area (TPSA) is 79.6 Å². The first-order valence-corrected chi connectivity index (χ1v) is 10.8. The smallest absolute Gasteiger partial charge is 0.289 e. The highest BCUT2D eigenvalue weighted by molar-refractivity contribution is 6.03. The van der Waals surface area contributed by atoms with Crippen molar-refractivity contribution >= 4 is 17.6 Å². The molecule has 2 amide bonds. The number of furan rings is 1. The van der Waals surface area contributed by atoms with Gasteiger partial charge < -0.3 is 14.6 Å². The fourth-order valence-electron chi connectivity index (χ4n) is 4.28. The zero-order chi connectivity index (χ0) is 21.5. The van der Waals surface area contributed by atoms with Crippen LogP contribution < -0.4 is 5.32 Å². The van der Waals surface area contributed by atoms with Gasteiger partial charge in [0.2, 0.25) is 5.91 Å². The molecule has 6 heteroatoms. The van der Waals surface area contributed by atoms with Gasteiger partial charge in [0, 0.05) is 43.5 Å². The Hall–Kier alpha value is -2.11. The number of ketones is 1. The lowest BCUT2D eigenvalue weighted by atomic mass is 9.76. The van der Waals surface area contributed by atoms with Crippen molar-refractivity contribution in [1.29, 1.82) is 0 Å². The van der Waals surface area contributed by atoms with Crippen LogP contribution >= 0.6 is 0 Å². The molecule has 0 spiro atoms. The molecule has 1 N–H and O–H groups in total. The Morgan fingerprint density at radius 2 is 1.76 bits per heavy atom. The van der Waals surface area contributed by atoms with Crippen LogP contribution in [0.5, 0.6) is 0 Å². The Morgan fingerprint density at radius 1 is 1.14 bits per heavy atom. The minimum Gasteiger partial charge on any atom is -0.455 e. The van der Waals surface area contributed by atoms with Gasteiger partial charge in [-0.1, -0.05) is 27.7 Å². The molecule has 0 saturated carbocycles. The maximum absolute atomic E-state index is 13.1. The van der Waals surface area contributed by atoms with Crippen LogP contribution in [0.1, 0.15) is 86.1 Å². The number of hydrogen-bond acceptors (Lipinski definition) is 4. The zero-order valence-electron chi connectivity index (χ0n) is 18.6. The number of carbonyl (C=O) groups excluding carboxylic acids is 3. The van der Waals surface area contributed by atoms with Crippen LogP contribution in [0.2, 0.25) is 0 Å². The molecule has 160 valence electrons. The van der Waals surface area contributed by atoms with E-state index in [-0.39, 0.29) is 40.7 Å². The predicted octanol–water partition coefficient (Wildman–Crippen LogP) is 3.76. The predicted molar refractivity (Wildman–Crippen MR) is 111 cm³/mol. The second-order valence-corrected chi connectivity index (χ2v) is 9.90. The number of likely N-dealkylation sites (tertiary alicyclic amines) is 1. The van der Waals surface area contributed by atoms with Crippen LogP contribution in [0.25, 0.3) is 0 Å². The summed E-state index contributed by atoms with van der Waals surface area (Å²) in [5.74, 6) is 1.23. The summed E-state index contributed by atoms with van der Waals surface area (Å²) in [5.41, 5.74) is 1.12. The van der Waals surface area contributed by atoms with Crippen LogP contribution in [0.3, 0.4) is 0 Å². The highest BCUT2D eigenvalue weighted by atomic mass is 16.4. The van der Waals surface area contributed by atoms with Gasteiger partial charge in [-0.15, -0.1) is 0 Å². The quantitative estimate of drug-likeness (QED) is 0.832. The average Bonchev–Trinajstić information content (AvgIpc) is 2.96. The molecule has 1 unspecified atom stereocenters. The van der Waals surface area contributed by atoms with Crippen LogP contribution in [0.15, 0.2) is 4.42 Å². The summed E-state index contributed by atoms with van der Waals surface area (Å²) >= 11 is 0. The van der Waals surface area contributed by atoms with E-state index in [1.807, 2.05) is 20.8 Å². The second kappa shape index (κ2) is 7.96. The van der Waals surface area contributed by atoms with Gasteiger partial charge in [-0.3, -0.25) is 14.4 Å². The third-order valence-corrected chi connectivity index (χ3v) is 6.49. The van der Waals surface area contributed by atoms with Gasteiger partial charge in [0.25, 0.3) is 5.91 Å². The lowest BCUT2D eigenvalue weighted by Gasteiger charge is -2.32. The number of carbonyl (C=O) groups is 3. The van der Waals surface area contributed by atoms with E-state index in [2.05, 4.69) is 19.2 Å². The van der Waals surface area contributed by atoms with Crippen LogP contribution in [0, 0.1) is 24.2 Å². The van der Waals surface area contributed by atoms with Gasteiger partial charge in [0.15, 0.2) is 11.5 Å². The largest absolute Gasteiger partial charge is 0.455 e. The van der Waals surface area contributed by atoms with Gasteiger partial charge in [0.05, 0.1) is 5.56 Å². The summed E-state index contributed by atoms with van der Waals surface area (Å²) in [7, 11) is 0. The molecule has 29 heavy (non-hydrogen) atoms. The fraction of sp³-hybridized carbons (Fsp3) is 0.696. The van der Waals surface area contributed by atoms with Crippen molar-refractivity contribution in [2.75, 3.05) is 13.1 Å². The van der Waals surface area contributed by atoms with Gasteiger partial charge in [0.1, 0.15) is 5.76 Å². The van der Waals surface area contributed by atoms with E-state index in [0.29, 0.717) is 61.6 Å². The summed E-state index contributed by atoms with van der Waals surface area (Å²) in [5, 5.41) is 3.08. The number of hydrogen-bond donors (Lipinski definition) is 1. The highest BCUT2D eigenvalue weighted by Crippen LogP contribution is 2.38. The first kappa shape index (κ1) is 21.6. The molecule has 0 radical (unpaired) electrons. The maximum Gasteiger partial charge on any atom is 0.289 e. The molecule has 2 heterocycles. The molecule has 0 aromatic carbocycles. The molecule has 6 nitrogen and oxygen atoms in total.